The lowest BCUT2D eigenvalue weighted by Gasteiger charge is -2.61. The van der Waals surface area contributed by atoms with Gasteiger partial charge in [0.25, 0.3) is 0 Å². The summed E-state index contributed by atoms with van der Waals surface area (Å²) in [5.41, 5.74) is 18.8. The summed E-state index contributed by atoms with van der Waals surface area (Å²) in [6.45, 7) is 0. The van der Waals surface area contributed by atoms with Gasteiger partial charge in [-0.25, -0.2) is 29.9 Å². The predicted molar refractivity (Wildman–Crippen MR) is 402 cm³/mol. The smallest absolute Gasteiger partial charge is 0.164 e. The summed E-state index contributed by atoms with van der Waals surface area (Å²) >= 11 is 1.84. The van der Waals surface area contributed by atoms with Gasteiger partial charge in [-0.1, -0.05) is 200 Å². The molecule has 17 aromatic rings. The first-order valence-electron chi connectivity index (χ1n) is 34.5. The number of para-hydroxylation sites is 2. The van der Waals surface area contributed by atoms with Gasteiger partial charge in [0.1, 0.15) is 0 Å². The van der Waals surface area contributed by atoms with Crippen LogP contribution in [-0.4, -0.2) is 34.5 Å². The van der Waals surface area contributed by atoms with E-state index in [0.29, 0.717) is 46.8 Å². The van der Waals surface area contributed by atoms with Gasteiger partial charge < -0.3 is 4.57 Å². The van der Waals surface area contributed by atoms with Crippen molar-refractivity contribution in [3.05, 3.63) is 296 Å². The molecule has 5 aliphatic rings. The Morgan fingerprint density at radius 1 is 0.276 bits per heavy atom. The number of aromatic nitrogens is 7. The van der Waals surface area contributed by atoms with E-state index in [1.807, 2.05) is 17.4 Å². The zero-order valence-corrected chi connectivity index (χ0v) is 54.3. The summed E-state index contributed by atoms with van der Waals surface area (Å²) in [5.74, 6) is 6.30. The fourth-order valence-electron chi connectivity index (χ4n) is 18.4. The Morgan fingerprint density at radius 2 is 0.786 bits per heavy atom. The van der Waals surface area contributed by atoms with Crippen molar-refractivity contribution in [2.75, 3.05) is 0 Å². The second-order valence-corrected chi connectivity index (χ2v) is 28.8. The highest BCUT2D eigenvalue weighted by molar-refractivity contribution is 7.25. The first-order chi connectivity index (χ1) is 48.5. The maximum Gasteiger partial charge on any atom is 0.164 e. The quantitative estimate of drug-likeness (QED) is 0.134. The summed E-state index contributed by atoms with van der Waals surface area (Å²) in [6, 6.07) is 104. The van der Waals surface area contributed by atoms with Crippen molar-refractivity contribution in [1.82, 2.24) is 34.5 Å². The second kappa shape index (κ2) is 21.7. The lowest BCUT2D eigenvalue weighted by atomic mass is 9.43. The van der Waals surface area contributed by atoms with E-state index in [0.717, 1.165) is 111 Å². The van der Waals surface area contributed by atoms with E-state index in [4.69, 9.17) is 29.9 Å². The van der Waals surface area contributed by atoms with E-state index in [1.54, 1.807) is 5.56 Å². The molecule has 13 aromatic carbocycles. The molecule has 0 atom stereocenters. The fraction of sp³-hybridized carbons (Fsp3) is 0.111. The van der Waals surface area contributed by atoms with Crippen LogP contribution in [0.4, 0.5) is 0 Å². The molecule has 0 aliphatic heterocycles. The normalized spacial score (nSPS) is 18.2. The fourth-order valence-corrected chi connectivity index (χ4v) is 19.6. The highest BCUT2D eigenvalue weighted by Gasteiger charge is 2.61. The Labute approximate surface area is 570 Å². The maximum atomic E-state index is 5.67. The highest BCUT2D eigenvalue weighted by Crippen LogP contribution is 2.69. The van der Waals surface area contributed by atoms with Crippen LogP contribution in [0.2, 0.25) is 0 Å². The van der Waals surface area contributed by atoms with E-state index in [-0.39, 0.29) is 5.41 Å². The summed E-state index contributed by atoms with van der Waals surface area (Å²) < 4.78 is 4.90. The Kier molecular flexibility index (Phi) is 12.3. The van der Waals surface area contributed by atoms with Gasteiger partial charge in [-0.3, -0.25) is 0 Å². The lowest BCUT2D eigenvalue weighted by molar-refractivity contribution is -0.0399. The monoisotopic (exact) mass is 1270 g/mol. The van der Waals surface area contributed by atoms with E-state index < -0.39 is 0 Å². The van der Waals surface area contributed by atoms with Crippen molar-refractivity contribution in [2.45, 2.75) is 37.5 Å². The minimum absolute atomic E-state index is 0.0309. The minimum Gasteiger partial charge on any atom is -0.309 e. The van der Waals surface area contributed by atoms with Crippen molar-refractivity contribution < 1.29 is 0 Å². The molecule has 0 amide bonds. The first kappa shape index (κ1) is 55.7. The average Bonchev–Trinajstić information content (AvgIpc) is 1.51. The van der Waals surface area contributed by atoms with Crippen molar-refractivity contribution in [2.24, 2.45) is 23.7 Å². The van der Waals surface area contributed by atoms with Gasteiger partial charge in [-0.15, -0.1) is 11.3 Å². The lowest BCUT2D eigenvalue weighted by Crippen LogP contribution is -2.55. The molecule has 0 N–H and O–H groups in total. The van der Waals surface area contributed by atoms with Gasteiger partial charge >= 0.3 is 0 Å². The molecule has 462 valence electrons. The van der Waals surface area contributed by atoms with E-state index in [2.05, 4.69) is 284 Å². The second-order valence-electron chi connectivity index (χ2n) is 27.8. The molecule has 98 heavy (non-hydrogen) atoms. The molecule has 0 unspecified atom stereocenters. The Morgan fingerprint density at radius 3 is 1.56 bits per heavy atom. The third-order valence-corrected chi connectivity index (χ3v) is 23.6. The number of hydrogen-bond donors (Lipinski definition) is 0. The Bertz CT molecular complexity index is 6140. The summed E-state index contributed by atoms with van der Waals surface area (Å²) in [4.78, 5) is 33.4. The van der Waals surface area contributed by atoms with Gasteiger partial charge in [0.15, 0.2) is 34.9 Å². The van der Waals surface area contributed by atoms with Crippen molar-refractivity contribution in [3.63, 3.8) is 0 Å². The van der Waals surface area contributed by atoms with E-state index in [9.17, 15) is 0 Å². The summed E-state index contributed by atoms with van der Waals surface area (Å²) in [6.07, 6.45) is 6.62. The zero-order valence-electron chi connectivity index (χ0n) is 53.5. The Balaban J connectivity index is 0.804. The van der Waals surface area contributed by atoms with Crippen LogP contribution in [0.5, 0.6) is 0 Å². The molecular weight excluding hydrogens is 1210 g/mol. The molecule has 22 rings (SSSR count). The SMILES string of the molecule is c1ccc(-c2nc(-c3cc(-c4ccc5c(c4)C4(c6ccccc6-5)C5CC6CC(C5)CC4C6)cc(-c4nc(-c5cccc(-c6ccc7c(c6)sc6ccccc67)c5)nc(-c5ccc6c(c5)c5ccccc5n6-c5ccccc5)n4)c3)nc(-c3cc4ccccc4c4ccccc34)n2)cc1. The van der Waals surface area contributed by atoms with Crippen LogP contribution in [0.15, 0.2) is 285 Å². The number of benzene rings is 13. The van der Waals surface area contributed by atoms with E-state index in [1.165, 1.54) is 74.4 Å². The van der Waals surface area contributed by atoms with Gasteiger partial charge in [0.2, 0.25) is 0 Å². The van der Waals surface area contributed by atoms with Crippen LogP contribution in [0.3, 0.4) is 0 Å². The molecule has 0 radical (unpaired) electrons. The van der Waals surface area contributed by atoms with Crippen molar-refractivity contribution in [1.29, 1.82) is 0 Å². The third kappa shape index (κ3) is 8.66. The van der Waals surface area contributed by atoms with Gasteiger partial charge in [0, 0.05) is 75.4 Å². The number of rotatable bonds is 9. The maximum absolute atomic E-state index is 5.67. The molecule has 0 saturated heterocycles. The van der Waals surface area contributed by atoms with Crippen molar-refractivity contribution >= 4 is 74.9 Å². The topological polar surface area (TPSA) is 82.3 Å². The van der Waals surface area contributed by atoms with Crippen LogP contribution >= 0.6 is 11.3 Å². The molecular formula is C90H61N7S. The van der Waals surface area contributed by atoms with Crippen LogP contribution in [-0.2, 0) is 5.41 Å². The number of fused-ring (bicyclic) bond motifs is 12. The zero-order chi connectivity index (χ0) is 64.2. The number of hydrogen-bond acceptors (Lipinski definition) is 7. The first-order valence-corrected chi connectivity index (χ1v) is 35.3. The van der Waals surface area contributed by atoms with Crippen LogP contribution < -0.4 is 0 Å². The molecule has 4 saturated carbocycles. The molecule has 4 bridgehead atoms. The standard InChI is InChI=1S/C90H61N7S/c1-3-18-55(19-4-1)84-91-88(96-89(95-84)77-49-59-20-7-8-25-68(59)69-26-9-10-27-70(69)77)64-47-62(57-34-37-72-71-28-11-14-31-78(71)90(79(72)51-57)65-41-53-40-54(43-65)44-66(90)42-53)46-63(48-64)87-93-85(60-22-17-21-56(45-60)58-35-38-75-74-30-13-16-33-82(74)98-83(75)52-58)92-86(94-87)61-36-39-81-76(50-61)73-29-12-15-32-80(73)97(81)67-23-5-2-6-24-67/h1-39,45-54,65-66H,40-44H2. The van der Waals surface area contributed by atoms with Gasteiger partial charge in [-0.2, -0.15) is 0 Å². The predicted octanol–water partition coefficient (Wildman–Crippen LogP) is 22.9. The van der Waals surface area contributed by atoms with Crippen LogP contribution in [0.1, 0.15) is 43.2 Å². The van der Waals surface area contributed by atoms with Crippen LogP contribution in [0, 0.1) is 23.7 Å². The molecule has 4 fully saturated rings. The molecule has 5 aliphatic carbocycles. The highest BCUT2D eigenvalue weighted by atomic mass is 32.1. The van der Waals surface area contributed by atoms with E-state index >= 15 is 0 Å². The number of nitrogens with zero attached hydrogens (tertiary/aromatic N) is 7. The molecule has 7 nitrogen and oxygen atoms in total. The number of thiophene rings is 1. The Hall–Kier alpha value is -11.6. The molecule has 4 heterocycles. The average molecular weight is 1270 g/mol. The molecule has 4 aromatic heterocycles. The van der Waals surface area contributed by atoms with Gasteiger partial charge in [-0.05, 0) is 207 Å². The van der Waals surface area contributed by atoms with Gasteiger partial charge in [0.05, 0.1) is 11.0 Å². The van der Waals surface area contributed by atoms with Crippen molar-refractivity contribution in [3.8, 4) is 107 Å². The third-order valence-electron chi connectivity index (χ3n) is 22.4. The largest absolute Gasteiger partial charge is 0.309 e. The molecule has 1 spiro atoms. The summed E-state index contributed by atoms with van der Waals surface area (Å²) in [7, 11) is 0. The van der Waals surface area contributed by atoms with Crippen LogP contribution in [0.25, 0.3) is 171 Å². The molecule has 8 heteroatoms. The minimum atomic E-state index is -0.0309. The summed E-state index contributed by atoms with van der Waals surface area (Å²) in [5, 5.41) is 9.35.